The third kappa shape index (κ3) is 5.67. The van der Waals surface area contributed by atoms with Gasteiger partial charge in [-0.05, 0) is 50.2 Å². The lowest BCUT2D eigenvalue weighted by molar-refractivity contribution is -0.119. The summed E-state index contributed by atoms with van der Waals surface area (Å²) in [4.78, 5) is 23.9. The van der Waals surface area contributed by atoms with Gasteiger partial charge in [0.05, 0.1) is 18.8 Å². The summed E-state index contributed by atoms with van der Waals surface area (Å²) in [7, 11) is 0. The molecule has 1 amide bonds. The molecular weight excluding hydrogens is 358 g/mol. The Morgan fingerprint density at radius 3 is 2.27 bits per heavy atom. The first-order valence-electron chi connectivity index (χ1n) is 8.15. The Hall–Kier alpha value is -2.73. The lowest BCUT2D eigenvalue weighted by Crippen LogP contribution is -2.21. The summed E-state index contributed by atoms with van der Waals surface area (Å²) in [6.45, 7) is 4.30. The van der Waals surface area contributed by atoms with Crippen LogP contribution in [0.4, 0.5) is 5.69 Å². The summed E-state index contributed by atoms with van der Waals surface area (Å²) < 4.78 is 16.0. The Bertz CT molecular complexity index is 761. The van der Waals surface area contributed by atoms with Crippen LogP contribution < -0.4 is 14.8 Å². The maximum atomic E-state index is 12.0. The highest BCUT2D eigenvalue weighted by atomic mass is 35.5. The van der Waals surface area contributed by atoms with Gasteiger partial charge in [0, 0.05) is 16.8 Å². The molecule has 2 aromatic carbocycles. The van der Waals surface area contributed by atoms with Gasteiger partial charge < -0.3 is 19.5 Å². The van der Waals surface area contributed by atoms with Gasteiger partial charge in [-0.1, -0.05) is 11.6 Å². The smallest absolute Gasteiger partial charge is 0.338 e. The number of anilines is 1. The minimum Gasteiger partial charge on any atom is -0.490 e. The van der Waals surface area contributed by atoms with Crippen molar-refractivity contribution in [3.63, 3.8) is 0 Å². The average Bonchev–Trinajstić information content (AvgIpc) is 2.63. The summed E-state index contributed by atoms with van der Waals surface area (Å²) in [5.41, 5.74) is 0.839. The van der Waals surface area contributed by atoms with E-state index in [9.17, 15) is 9.59 Å². The number of carbonyl (C=O) groups is 2. The molecule has 2 aromatic rings. The molecule has 0 saturated carbocycles. The number of esters is 1. The zero-order valence-electron chi connectivity index (χ0n) is 14.6. The zero-order chi connectivity index (χ0) is 18.9. The molecule has 26 heavy (non-hydrogen) atoms. The fourth-order valence-corrected chi connectivity index (χ4v) is 2.25. The third-order valence-corrected chi connectivity index (χ3v) is 3.49. The van der Waals surface area contributed by atoms with Crippen LogP contribution in [-0.2, 0) is 9.53 Å². The average molecular weight is 378 g/mol. The number of carbonyl (C=O) groups excluding carboxylic acids is 2. The van der Waals surface area contributed by atoms with Crippen LogP contribution in [0.15, 0.2) is 42.5 Å². The van der Waals surface area contributed by atoms with Crippen molar-refractivity contribution in [1.29, 1.82) is 0 Å². The summed E-state index contributed by atoms with van der Waals surface area (Å²) in [6.07, 6.45) is 0. The molecule has 0 unspecified atom stereocenters. The summed E-state index contributed by atoms with van der Waals surface area (Å²) in [6, 6.07) is 11.3. The van der Waals surface area contributed by atoms with Crippen molar-refractivity contribution in [2.75, 3.05) is 25.1 Å². The van der Waals surface area contributed by atoms with E-state index in [1.165, 1.54) is 12.1 Å². The van der Waals surface area contributed by atoms with Gasteiger partial charge >= 0.3 is 5.97 Å². The number of nitrogens with one attached hydrogen (secondary N) is 1. The second-order valence-electron chi connectivity index (χ2n) is 5.16. The lowest BCUT2D eigenvalue weighted by Gasteiger charge is -2.13. The lowest BCUT2D eigenvalue weighted by atomic mass is 10.2. The Balaban J connectivity index is 1.93. The first kappa shape index (κ1) is 19.6. The largest absolute Gasteiger partial charge is 0.490 e. The first-order chi connectivity index (χ1) is 12.5. The number of amides is 1. The van der Waals surface area contributed by atoms with Crippen molar-refractivity contribution in [3.8, 4) is 11.5 Å². The Morgan fingerprint density at radius 1 is 0.962 bits per heavy atom. The van der Waals surface area contributed by atoms with Gasteiger partial charge in [0.1, 0.15) is 0 Å². The Labute approximate surface area is 157 Å². The normalized spacial score (nSPS) is 10.1. The summed E-state index contributed by atoms with van der Waals surface area (Å²) in [5.74, 6) is 0.0734. The minimum absolute atomic E-state index is 0.321. The highest BCUT2D eigenvalue weighted by Crippen LogP contribution is 2.30. The second kappa shape index (κ2) is 9.68. The van der Waals surface area contributed by atoms with Crippen molar-refractivity contribution in [1.82, 2.24) is 0 Å². The topological polar surface area (TPSA) is 73.9 Å². The summed E-state index contributed by atoms with van der Waals surface area (Å²) >= 11 is 5.76. The molecule has 0 radical (unpaired) electrons. The van der Waals surface area contributed by atoms with Crippen molar-refractivity contribution in [2.45, 2.75) is 13.8 Å². The van der Waals surface area contributed by atoms with E-state index in [-0.39, 0.29) is 0 Å². The Kier molecular flexibility index (Phi) is 7.29. The van der Waals surface area contributed by atoms with E-state index in [0.29, 0.717) is 41.0 Å². The van der Waals surface area contributed by atoms with E-state index in [0.717, 1.165) is 0 Å². The molecule has 6 nitrogen and oxygen atoms in total. The van der Waals surface area contributed by atoms with E-state index in [1.807, 2.05) is 13.8 Å². The highest BCUT2D eigenvalue weighted by molar-refractivity contribution is 6.30. The molecule has 7 heteroatoms. The van der Waals surface area contributed by atoms with Gasteiger partial charge in [0.25, 0.3) is 5.91 Å². The first-order valence-corrected chi connectivity index (χ1v) is 8.53. The number of ether oxygens (including phenoxy) is 3. The van der Waals surface area contributed by atoms with Crippen molar-refractivity contribution in [3.05, 3.63) is 53.1 Å². The summed E-state index contributed by atoms with van der Waals surface area (Å²) in [5, 5.41) is 3.17. The number of hydrogen-bond acceptors (Lipinski definition) is 5. The van der Waals surface area contributed by atoms with Crippen LogP contribution in [0.1, 0.15) is 24.2 Å². The van der Waals surface area contributed by atoms with Crippen LogP contribution >= 0.6 is 11.6 Å². The molecule has 138 valence electrons. The standard InChI is InChI=1S/C19H20ClNO5/c1-3-24-16-10-9-15(11-17(16)25-4-2)21-18(22)12-26-19(23)13-5-7-14(20)8-6-13/h5-11H,3-4,12H2,1-2H3,(H,21,22). The van der Waals surface area contributed by atoms with Gasteiger partial charge in [-0.2, -0.15) is 0 Å². The van der Waals surface area contributed by atoms with Crippen molar-refractivity contribution < 1.29 is 23.8 Å². The maximum Gasteiger partial charge on any atom is 0.338 e. The molecule has 0 saturated heterocycles. The predicted octanol–water partition coefficient (Wildman–Crippen LogP) is 3.93. The van der Waals surface area contributed by atoms with Gasteiger partial charge in [0.15, 0.2) is 18.1 Å². The third-order valence-electron chi connectivity index (χ3n) is 3.24. The van der Waals surface area contributed by atoms with E-state index < -0.39 is 18.5 Å². The van der Waals surface area contributed by atoms with Crippen molar-refractivity contribution in [2.24, 2.45) is 0 Å². The van der Waals surface area contributed by atoms with Crippen molar-refractivity contribution >= 4 is 29.2 Å². The number of hydrogen-bond donors (Lipinski definition) is 1. The minimum atomic E-state index is -0.599. The van der Waals surface area contributed by atoms with E-state index in [1.54, 1.807) is 30.3 Å². The molecule has 0 bridgehead atoms. The highest BCUT2D eigenvalue weighted by Gasteiger charge is 2.12. The van der Waals surface area contributed by atoms with Crippen LogP contribution in [0, 0.1) is 0 Å². The zero-order valence-corrected chi connectivity index (χ0v) is 15.3. The van der Waals surface area contributed by atoms with E-state index in [2.05, 4.69) is 5.32 Å². The quantitative estimate of drug-likeness (QED) is 0.705. The maximum absolute atomic E-state index is 12.0. The molecule has 0 aliphatic heterocycles. The van der Waals surface area contributed by atoms with Crippen LogP contribution in [0.25, 0.3) is 0 Å². The number of benzene rings is 2. The fourth-order valence-electron chi connectivity index (χ4n) is 2.13. The van der Waals surface area contributed by atoms with E-state index in [4.69, 9.17) is 25.8 Å². The predicted molar refractivity (Wildman–Crippen MR) is 99.1 cm³/mol. The fraction of sp³-hybridized carbons (Fsp3) is 0.263. The van der Waals surface area contributed by atoms with Crippen LogP contribution in [-0.4, -0.2) is 31.7 Å². The molecule has 0 aliphatic rings. The monoisotopic (exact) mass is 377 g/mol. The second-order valence-corrected chi connectivity index (χ2v) is 5.60. The molecule has 0 fully saturated rings. The number of rotatable bonds is 8. The van der Waals surface area contributed by atoms with Crippen LogP contribution in [0.2, 0.25) is 5.02 Å². The van der Waals surface area contributed by atoms with E-state index >= 15 is 0 Å². The Morgan fingerprint density at radius 2 is 1.62 bits per heavy atom. The van der Waals surface area contributed by atoms with Crippen LogP contribution in [0.5, 0.6) is 11.5 Å². The van der Waals surface area contributed by atoms with Gasteiger partial charge in [-0.25, -0.2) is 4.79 Å². The molecule has 0 aliphatic carbocycles. The molecule has 0 atom stereocenters. The molecule has 1 N–H and O–H groups in total. The van der Waals surface area contributed by atoms with Gasteiger partial charge in [0.2, 0.25) is 0 Å². The SMILES string of the molecule is CCOc1ccc(NC(=O)COC(=O)c2ccc(Cl)cc2)cc1OCC. The van der Waals surface area contributed by atoms with Gasteiger partial charge in [-0.15, -0.1) is 0 Å². The molecular formula is C19H20ClNO5. The molecule has 0 aromatic heterocycles. The molecule has 0 spiro atoms. The molecule has 2 rings (SSSR count). The number of halogens is 1. The molecule has 0 heterocycles. The van der Waals surface area contributed by atoms with Crippen LogP contribution in [0.3, 0.4) is 0 Å². The van der Waals surface area contributed by atoms with Gasteiger partial charge in [-0.3, -0.25) is 4.79 Å².